The van der Waals surface area contributed by atoms with E-state index in [0.717, 1.165) is 62.9 Å². The first-order valence-electron chi connectivity index (χ1n) is 19.3. The van der Waals surface area contributed by atoms with E-state index in [2.05, 4.69) is 66.2 Å². The van der Waals surface area contributed by atoms with E-state index >= 15 is 0 Å². The molecule has 2 aliphatic carbocycles. The Balaban J connectivity index is 0.974. The number of unbranched alkanes of at least 4 members (excludes halogenated alkanes) is 5. The van der Waals surface area contributed by atoms with E-state index in [1.165, 1.54) is 36.0 Å². The van der Waals surface area contributed by atoms with Crippen LogP contribution in [0.2, 0.25) is 0 Å². The van der Waals surface area contributed by atoms with Gasteiger partial charge in [0.25, 0.3) is 0 Å². The summed E-state index contributed by atoms with van der Waals surface area (Å²) in [6.07, 6.45) is 11.1. The summed E-state index contributed by atoms with van der Waals surface area (Å²) in [5.41, 5.74) is 4.74. The zero-order valence-electron chi connectivity index (χ0n) is 31.0. The van der Waals surface area contributed by atoms with E-state index < -0.39 is 23.5 Å². The van der Waals surface area contributed by atoms with Gasteiger partial charge in [-0.15, -0.1) is 11.8 Å². The molecule has 0 radical (unpaired) electrons. The summed E-state index contributed by atoms with van der Waals surface area (Å²) in [6.45, 7) is 7.42. The maximum absolute atomic E-state index is 14.3. The fourth-order valence-corrected chi connectivity index (χ4v) is 10.0. The Morgan fingerprint density at radius 2 is 1.51 bits per heavy atom. The summed E-state index contributed by atoms with van der Waals surface area (Å²) in [5.74, 6) is 0.215. The van der Waals surface area contributed by atoms with Crippen LogP contribution < -0.4 is 16.0 Å². The molecule has 278 valence electrons. The van der Waals surface area contributed by atoms with Gasteiger partial charge in [0.1, 0.15) is 12.1 Å². The highest BCUT2D eigenvalue weighted by Gasteiger charge is 2.55. The number of hydrogen-bond acceptors (Lipinski definition) is 7. The van der Waals surface area contributed by atoms with Gasteiger partial charge in [-0.25, -0.2) is 0 Å². The summed E-state index contributed by atoms with van der Waals surface area (Å²) < 4.78 is 12.7. The number of likely N-dealkylation sites (N-methyl/N-ethyl adjacent to an activating group) is 1. The average molecular weight is 719 g/mol. The van der Waals surface area contributed by atoms with Crippen LogP contribution >= 0.6 is 11.8 Å². The van der Waals surface area contributed by atoms with E-state index in [1.807, 2.05) is 12.1 Å². The molecule has 2 aliphatic heterocycles. The third-order valence-electron chi connectivity index (χ3n) is 11.4. The number of carbonyl (C=O) groups is 3. The number of benzene rings is 2. The number of amides is 3. The molecule has 3 N–H and O–H groups in total. The second-order valence-electron chi connectivity index (χ2n) is 15.6. The largest absolute Gasteiger partial charge is 0.378 e. The third-order valence-corrected chi connectivity index (χ3v) is 12.7. The van der Waals surface area contributed by atoms with Crippen molar-refractivity contribution in [2.75, 3.05) is 26.0 Å². The predicted molar refractivity (Wildman–Crippen MR) is 202 cm³/mol. The van der Waals surface area contributed by atoms with Crippen LogP contribution in [0.1, 0.15) is 100 Å². The van der Waals surface area contributed by atoms with Crippen molar-refractivity contribution in [2.24, 2.45) is 5.41 Å². The number of rotatable bonds is 16. The predicted octanol–water partition coefficient (Wildman–Crippen LogP) is 5.49. The van der Waals surface area contributed by atoms with Gasteiger partial charge in [-0.05, 0) is 85.9 Å². The Bertz CT molecular complexity index is 1490. The minimum atomic E-state index is -0.651. The highest BCUT2D eigenvalue weighted by molar-refractivity contribution is 7.99. The molecule has 0 bridgehead atoms. The van der Waals surface area contributed by atoms with Crippen molar-refractivity contribution in [3.63, 3.8) is 0 Å². The quantitative estimate of drug-likeness (QED) is 0.197. The molecule has 6 atom stereocenters. The topological polar surface area (TPSA) is 109 Å². The molecule has 2 fully saturated rings. The van der Waals surface area contributed by atoms with Crippen molar-refractivity contribution in [1.82, 2.24) is 20.9 Å². The molecule has 2 aromatic carbocycles. The summed E-state index contributed by atoms with van der Waals surface area (Å²) in [6, 6.07) is 15.0. The van der Waals surface area contributed by atoms with Crippen molar-refractivity contribution >= 4 is 29.5 Å². The molecule has 4 aliphatic rings. The summed E-state index contributed by atoms with van der Waals surface area (Å²) in [5, 5.41) is 9.16. The lowest BCUT2D eigenvalue weighted by atomic mass is 9.83. The van der Waals surface area contributed by atoms with E-state index in [1.54, 1.807) is 30.6 Å². The number of ether oxygens (including phenoxy) is 2. The van der Waals surface area contributed by atoms with Crippen LogP contribution in [-0.2, 0) is 43.1 Å². The SMILES string of the molecule is CN[C@@H](C)C(=O)N[C@H]1CCS[C@H]2CC(C)(C)[C@@H](C(=O)N[C@H]3c4ccccc4C[C@H]3OCCCCCCCCOC3Cc4ccccc4C3)N2C1=O. The van der Waals surface area contributed by atoms with Crippen LogP contribution in [0.3, 0.4) is 0 Å². The highest BCUT2D eigenvalue weighted by Crippen LogP contribution is 2.47. The Hall–Kier alpha value is -2.92. The molecule has 0 aromatic heterocycles. The zero-order valence-corrected chi connectivity index (χ0v) is 31.8. The van der Waals surface area contributed by atoms with Crippen molar-refractivity contribution in [1.29, 1.82) is 0 Å². The fourth-order valence-electron chi connectivity index (χ4n) is 8.43. The van der Waals surface area contributed by atoms with Gasteiger partial charge in [-0.1, -0.05) is 88.1 Å². The molecule has 6 rings (SSSR count). The van der Waals surface area contributed by atoms with Gasteiger partial charge in [0.2, 0.25) is 17.7 Å². The molecule has 3 amide bonds. The van der Waals surface area contributed by atoms with Crippen molar-refractivity contribution in [3.05, 3.63) is 70.8 Å². The molecule has 0 saturated carbocycles. The molecular weight excluding hydrogens is 661 g/mol. The summed E-state index contributed by atoms with van der Waals surface area (Å²) in [4.78, 5) is 42.9. The van der Waals surface area contributed by atoms with Gasteiger partial charge in [0, 0.05) is 19.6 Å². The van der Waals surface area contributed by atoms with Crippen LogP contribution in [0, 0.1) is 5.41 Å². The first kappa shape index (κ1) is 37.8. The molecular formula is C41H58N4O5S. The van der Waals surface area contributed by atoms with Gasteiger partial charge in [0.15, 0.2) is 0 Å². The molecule has 2 heterocycles. The van der Waals surface area contributed by atoms with Gasteiger partial charge < -0.3 is 30.3 Å². The Morgan fingerprint density at radius 1 is 0.882 bits per heavy atom. The fraction of sp³-hybridized carbons (Fsp3) is 0.634. The van der Waals surface area contributed by atoms with Gasteiger partial charge in [0.05, 0.1) is 29.7 Å². The molecule has 2 saturated heterocycles. The first-order chi connectivity index (χ1) is 24.7. The molecule has 2 aromatic rings. The van der Waals surface area contributed by atoms with Crippen LogP contribution in [-0.4, -0.2) is 84.3 Å². The lowest BCUT2D eigenvalue weighted by molar-refractivity contribution is -0.144. The van der Waals surface area contributed by atoms with E-state index in [0.29, 0.717) is 19.1 Å². The number of fused-ring (bicyclic) bond motifs is 3. The first-order valence-corrected chi connectivity index (χ1v) is 20.3. The van der Waals surface area contributed by atoms with Crippen molar-refractivity contribution in [3.8, 4) is 0 Å². The standard InChI is InChI=1S/C41H58N4O5S/c1-27(42-4)38(46)43-33-19-22-51-35-26-41(2,3)37(45(35)40(33)48)39(47)44-36-32-18-12-11-17-30(32)25-34(36)50-21-14-8-6-5-7-13-20-49-31-23-28-15-9-10-16-29(28)24-31/h9-12,15-18,27,31,33-37,42H,5-8,13-14,19-26H2,1-4H3,(H,43,46)(H,44,47)/t27-,33-,34+,35-,36-,37+/m0/s1. The Kier molecular flexibility index (Phi) is 12.8. The van der Waals surface area contributed by atoms with Crippen molar-refractivity contribution in [2.45, 2.75) is 133 Å². The molecule has 51 heavy (non-hydrogen) atoms. The molecule has 9 nitrogen and oxygen atoms in total. The number of thioether (sulfide) groups is 1. The molecule has 0 spiro atoms. The molecule has 10 heteroatoms. The van der Waals surface area contributed by atoms with Gasteiger partial charge >= 0.3 is 0 Å². The number of nitrogens with one attached hydrogen (secondary N) is 3. The Labute approximate surface area is 308 Å². The zero-order chi connectivity index (χ0) is 36.0. The summed E-state index contributed by atoms with van der Waals surface area (Å²) in [7, 11) is 1.72. The minimum Gasteiger partial charge on any atom is -0.378 e. The van der Waals surface area contributed by atoms with Gasteiger partial charge in [-0.3, -0.25) is 14.4 Å². The minimum absolute atomic E-state index is 0.104. The lowest BCUT2D eigenvalue weighted by Gasteiger charge is -2.35. The number of hydrogen-bond donors (Lipinski definition) is 3. The van der Waals surface area contributed by atoms with Gasteiger partial charge in [-0.2, -0.15) is 0 Å². The monoisotopic (exact) mass is 718 g/mol. The number of nitrogens with zero attached hydrogens (tertiary/aromatic N) is 1. The van der Waals surface area contributed by atoms with Crippen LogP contribution in [0.25, 0.3) is 0 Å². The molecule has 0 unspecified atom stereocenters. The maximum Gasteiger partial charge on any atom is 0.246 e. The highest BCUT2D eigenvalue weighted by atomic mass is 32.2. The number of carbonyl (C=O) groups excluding carboxylic acids is 3. The van der Waals surface area contributed by atoms with Crippen LogP contribution in [0.15, 0.2) is 48.5 Å². The average Bonchev–Trinajstić information content (AvgIpc) is 3.75. The smallest absolute Gasteiger partial charge is 0.246 e. The van der Waals surface area contributed by atoms with E-state index in [-0.39, 0.29) is 35.2 Å². The summed E-state index contributed by atoms with van der Waals surface area (Å²) >= 11 is 1.71. The normalized spacial score (nSPS) is 25.9. The van der Waals surface area contributed by atoms with Crippen LogP contribution in [0.4, 0.5) is 0 Å². The third kappa shape index (κ3) is 9.00. The second-order valence-corrected chi connectivity index (χ2v) is 16.9. The van der Waals surface area contributed by atoms with Crippen LogP contribution in [0.5, 0.6) is 0 Å². The van der Waals surface area contributed by atoms with Crippen molar-refractivity contribution < 1.29 is 23.9 Å². The van der Waals surface area contributed by atoms with E-state index in [9.17, 15) is 14.4 Å². The lowest BCUT2D eigenvalue weighted by Crippen LogP contribution is -2.58. The second kappa shape index (κ2) is 17.3. The maximum atomic E-state index is 14.3. The Morgan fingerprint density at radius 3 is 2.20 bits per heavy atom. The van der Waals surface area contributed by atoms with E-state index in [4.69, 9.17) is 9.47 Å².